The summed E-state index contributed by atoms with van der Waals surface area (Å²) in [7, 11) is 1.66. The number of nitrogen functional groups attached to an aromatic ring is 1. The van der Waals surface area contributed by atoms with Crippen molar-refractivity contribution in [1.29, 1.82) is 0 Å². The fourth-order valence-electron chi connectivity index (χ4n) is 1.98. The van der Waals surface area contributed by atoms with Gasteiger partial charge in [-0.25, -0.2) is 4.68 Å². The normalized spacial score (nSPS) is 11.6. The summed E-state index contributed by atoms with van der Waals surface area (Å²) < 4.78 is 12.7. The van der Waals surface area contributed by atoms with Crippen molar-refractivity contribution < 1.29 is 9.47 Å². The number of anilines is 1. The molecular formula is C14H21N5O2. The highest BCUT2D eigenvalue weighted by Gasteiger charge is 2.23. The lowest BCUT2D eigenvalue weighted by atomic mass is 10.1. The molecule has 7 nitrogen and oxygen atoms in total. The average Bonchev–Trinajstić information content (AvgIpc) is 2.86. The molecule has 0 bridgehead atoms. The van der Waals surface area contributed by atoms with Crippen molar-refractivity contribution >= 4 is 5.69 Å². The Balaban J connectivity index is 2.46. The number of rotatable bonds is 6. The van der Waals surface area contributed by atoms with Crippen LogP contribution in [0.25, 0.3) is 11.4 Å². The monoisotopic (exact) mass is 291 g/mol. The van der Waals surface area contributed by atoms with Crippen LogP contribution in [0, 0.1) is 0 Å². The summed E-state index contributed by atoms with van der Waals surface area (Å²) in [4.78, 5) is 0. The van der Waals surface area contributed by atoms with Crippen LogP contribution in [0.4, 0.5) is 5.69 Å². The number of nitrogens with two attached hydrogens (primary N) is 1. The van der Waals surface area contributed by atoms with Gasteiger partial charge in [0.25, 0.3) is 0 Å². The van der Waals surface area contributed by atoms with E-state index in [-0.39, 0.29) is 5.60 Å². The van der Waals surface area contributed by atoms with Crippen LogP contribution in [0.5, 0.6) is 5.75 Å². The van der Waals surface area contributed by atoms with E-state index >= 15 is 0 Å². The van der Waals surface area contributed by atoms with Crippen LogP contribution < -0.4 is 10.5 Å². The first-order valence-electron chi connectivity index (χ1n) is 6.81. The number of hydrogen-bond acceptors (Lipinski definition) is 6. The maximum atomic E-state index is 6.09. The molecule has 21 heavy (non-hydrogen) atoms. The largest absolute Gasteiger partial charge is 0.493 e. The number of benzene rings is 1. The smallest absolute Gasteiger partial charge is 0.187 e. The molecule has 1 aromatic carbocycles. The Morgan fingerprint density at radius 3 is 2.76 bits per heavy atom. The van der Waals surface area contributed by atoms with Gasteiger partial charge in [-0.05, 0) is 43.3 Å². The second kappa shape index (κ2) is 6.09. The van der Waals surface area contributed by atoms with Gasteiger partial charge in [-0.1, -0.05) is 6.07 Å². The molecule has 1 heterocycles. The molecule has 1 aromatic heterocycles. The molecule has 0 amide bonds. The predicted octanol–water partition coefficient (Wildman–Crippen LogP) is 1.75. The molecule has 0 radical (unpaired) electrons. The van der Waals surface area contributed by atoms with Gasteiger partial charge >= 0.3 is 0 Å². The second-order valence-electron chi connectivity index (χ2n) is 5.28. The van der Waals surface area contributed by atoms with E-state index in [1.165, 1.54) is 0 Å². The minimum atomic E-state index is -0.389. The Labute approximate surface area is 124 Å². The Hall–Kier alpha value is -2.15. The van der Waals surface area contributed by atoms with Gasteiger partial charge in [0, 0.05) is 12.8 Å². The molecule has 2 aromatic rings. The summed E-state index contributed by atoms with van der Waals surface area (Å²) in [5.41, 5.74) is 6.98. The molecule has 0 spiro atoms. The van der Waals surface area contributed by atoms with Gasteiger partial charge in [0.2, 0.25) is 0 Å². The van der Waals surface area contributed by atoms with Crippen LogP contribution >= 0.6 is 0 Å². The van der Waals surface area contributed by atoms with Gasteiger partial charge in [-0.3, -0.25) is 0 Å². The van der Waals surface area contributed by atoms with Gasteiger partial charge in [-0.2, -0.15) is 0 Å². The molecule has 0 aliphatic heterocycles. The highest BCUT2D eigenvalue weighted by Crippen LogP contribution is 2.34. The first-order chi connectivity index (χ1) is 9.98. The molecule has 0 aliphatic rings. The zero-order valence-corrected chi connectivity index (χ0v) is 12.8. The first-order valence-corrected chi connectivity index (χ1v) is 6.81. The van der Waals surface area contributed by atoms with Crippen molar-refractivity contribution in [2.75, 3.05) is 19.5 Å². The summed E-state index contributed by atoms with van der Waals surface area (Å²) in [5.74, 6) is 1.24. The highest BCUT2D eigenvalue weighted by atomic mass is 16.5. The van der Waals surface area contributed by atoms with Crippen LogP contribution in [0.1, 0.15) is 20.8 Å². The molecule has 2 rings (SSSR count). The van der Waals surface area contributed by atoms with E-state index in [1.54, 1.807) is 17.9 Å². The lowest BCUT2D eigenvalue weighted by molar-refractivity contribution is 0.00537. The summed E-state index contributed by atoms with van der Waals surface area (Å²) in [6.07, 6.45) is 0. The quantitative estimate of drug-likeness (QED) is 0.816. The SMILES string of the molecule is CCOc1cccc(N)c1-c1nnnn1CC(C)(C)OC. The third kappa shape index (κ3) is 3.30. The van der Waals surface area contributed by atoms with Crippen LogP contribution in [0.15, 0.2) is 18.2 Å². The number of methoxy groups -OCH3 is 1. The van der Waals surface area contributed by atoms with Gasteiger partial charge in [0.15, 0.2) is 5.82 Å². The van der Waals surface area contributed by atoms with Crippen molar-refractivity contribution in [3.8, 4) is 17.1 Å². The fraction of sp³-hybridized carbons (Fsp3) is 0.500. The number of hydrogen-bond donors (Lipinski definition) is 1. The predicted molar refractivity (Wildman–Crippen MR) is 79.9 cm³/mol. The van der Waals surface area contributed by atoms with Crippen LogP contribution in [0.3, 0.4) is 0 Å². The lowest BCUT2D eigenvalue weighted by Gasteiger charge is -2.23. The minimum Gasteiger partial charge on any atom is -0.493 e. The van der Waals surface area contributed by atoms with E-state index in [1.807, 2.05) is 32.9 Å². The third-order valence-electron chi connectivity index (χ3n) is 3.20. The van der Waals surface area contributed by atoms with Gasteiger partial charge < -0.3 is 15.2 Å². The van der Waals surface area contributed by atoms with E-state index < -0.39 is 0 Å². The van der Waals surface area contributed by atoms with Gasteiger partial charge in [-0.15, -0.1) is 5.10 Å². The molecule has 0 atom stereocenters. The fourth-order valence-corrected chi connectivity index (χ4v) is 1.98. The van der Waals surface area contributed by atoms with E-state index in [9.17, 15) is 0 Å². The van der Waals surface area contributed by atoms with E-state index in [0.29, 0.717) is 36.0 Å². The summed E-state index contributed by atoms with van der Waals surface area (Å²) >= 11 is 0. The Morgan fingerprint density at radius 2 is 2.10 bits per heavy atom. The molecule has 114 valence electrons. The van der Waals surface area contributed by atoms with Crippen molar-refractivity contribution in [3.05, 3.63) is 18.2 Å². The average molecular weight is 291 g/mol. The Morgan fingerprint density at radius 1 is 1.33 bits per heavy atom. The minimum absolute atomic E-state index is 0.389. The van der Waals surface area contributed by atoms with Crippen molar-refractivity contribution in [2.24, 2.45) is 0 Å². The Bertz CT molecular complexity index is 609. The highest BCUT2D eigenvalue weighted by molar-refractivity contribution is 5.77. The van der Waals surface area contributed by atoms with Crippen LogP contribution in [-0.4, -0.2) is 39.5 Å². The Kier molecular flexibility index (Phi) is 4.42. The summed E-state index contributed by atoms with van der Waals surface area (Å²) in [6, 6.07) is 5.51. The standard InChI is InChI=1S/C14H21N5O2/c1-5-21-11-8-6-7-10(15)12(11)13-16-17-18-19(13)9-14(2,3)20-4/h6-8H,5,9,15H2,1-4H3. The number of ether oxygens (including phenoxy) is 2. The zero-order chi connectivity index (χ0) is 15.5. The van der Waals surface area contributed by atoms with Crippen LogP contribution in [0.2, 0.25) is 0 Å². The summed E-state index contributed by atoms with van der Waals surface area (Å²) in [5, 5.41) is 11.9. The molecule has 0 fully saturated rings. The number of tetrazole rings is 1. The second-order valence-corrected chi connectivity index (χ2v) is 5.28. The topological polar surface area (TPSA) is 88.1 Å². The molecular weight excluding hydrogens is 270 g/mol. The van der Waals surface area contributed by atoms with Gasteiger partial charge in [0.1, 0.15) is 5.75 Å². The summed E-state index contributed by atoms with van der Waals surface area (Å²) in [6.45, 7) is 6.91. The van der Waals surface area contributed by atoms with E-state index in [4.69, 9.17) is 15.2 Å². The number of aromatic nitrogens is 4. The molecule has 0 aliphatic carbocycles. The zero-order valence-electron chi connectivity index (χ0n) is 12.8. The molecule has 0 saturated heterocycles. The molecule has 0 saturated carbocycles. The van der Waals surface area contributed by atoms with Gasteiger partial charge in [0.05, 0.1) is 24.3 Å². The van der Waals surface area contributed by atoms with Crippen molar-refractivity contribution in [3.63, 3.8) is 0 Å². The molecule has 7 heteroatoms. The first kappa shape index (κ1) is 15.2. The number of nitrogens with zero attached hydrogens (tertiary/aromatic N) is 4. The van der Waals surface area contributed by atoms with E-state index in [2.05, 4.69) is 15.5 Å². The van der Waals surface area contributed by atoms with E-state index in [0.717, 1.165) is 0 Å². The van der Waals surface area contributed by atoms with Crippen LogP contribution in [-0.2, 0) is 11.3 Å². The third-order valence-corrected chi connectivity index (χ3v) is 3.20. The maximum absolute atomic E-state index is 6.09. The van der Waals surface area contributed by atoms with Crippen molar-refractivity contribution in [2.45, 2.75) is 32.9 Å². The lowest BCUT2D eigenvalue weighted by Crippen LogP contribution is -2.30. The molecule has 0 unspecified atom stereocenters. The van der Waals surface area contributed by atoms with Crippen molar-refractivity contribution in [1.82, 2.24) is 20.2 Å². The molecule has 2 N–H and O–H groups in total. The maximum Gasteiger partial charge on any atom is 0.187 e.